The zero-order valence-corrected chi connectivity index (χ0v) is 18.7. The molecule has 0 saturated carbocycles. The molecule has 2 heterocycles. The van der Waals surface area contributed by atoms with Gasteiger partial charge in [0, 0.05) is 5.56 Å². The highest BCUT2D eigenvalue weighted by molar-refractivity contribution is 7.80. The van der Waals surface area contributed by atoms with Crippen molar-refractivity contribution < 1.29 is 23.9 Å². The number of anilines is 1. The van der Waals surface area contributed by atoms with E-state index in [1.165, 1.54) is 17.0 Å². The Morgan fingerprint density at radius 1 is 1.12 bits per heavy atom. The van der Waals surface area contributed by atoms with Gasteiger partial charge in [-0.1, -0.05) is 31.2 Å². The summed E-state index contributed by atoms with van der Waals surface area (Å²) in [7, 11) is 0. The van der Waals surface area contributed by atoms with Crippen LogP contribution in [0.2, 0.25) is 0 Å². The third kappa shape index (κ3) is 4.20. The van der Waals surface area contributed by atoms with Crippen LogP contribution in [0.25, 0.3) is 17.4 Å². The second-order valence-electron chi connectivity index (χ2n) is 7.46. The monoisotopic (exact) mass is 460 g/mol. The molecular weight excluding hydrogens is 440 g/mol. The van der Waals surface area contributed by atoms with Gasteiger partial charge in [-0.2, -0.15) is 0 Å². The zero-order chi connectivity index (χ0) is 23.7. The molecule has 0 aliphatic carbocycles. The fraction of sp³-hybridized carbons (Fsp3) is 0.120. The van der Waals surface area contributed by atoms with Crippen LogP contribution in [0, 0.1) is 6.92 Å². The average Bonchev–Trinajstić information content (AvgIpc) is 3.25. The SMILES string of the molecule is CCc1ccc(N2C(=O)C(=Cc3ccc(-c4cccc(C(=O)O)c4C)o3)C(=O)NC2=S)cc1. The first kappa shape index (κ1) is 22.2. The number of furan rings is 1. The van der Waals surface area contributed by atoms with E-state index in [0.29, 0.717) is 22.6 Å². The summed E-state index contributed by atoms with van der Waals surface area (Å²) < 4.78 is 5.83. The number of nitrogens with zero attached hydrogens (tertiary/aromatic N) is 1. The summed E-state index contributed by atoms with van der Waals surface area (Å²) >= 11 is 5.23. The number of carboxylic acid groups (broad SMARTS) is 1. The quantitative estimate of drug-likeness (QED) is 0.334. The molecule has 0 unspecified atom stereocenters. The Bertz CT molecular complexity index is 1320. The van der Waals surface area contributed by atoms with Gasteiger partial charge in [-0.25, -0.2) is 4.79 Å². The van der Waals surface area contributed by atoms with E-state index in [2.05, 4.69) is 5.32 Å². The van der Waals surface area contributed by atoms with Crippen molar-refractivity contribution in [2.24, 2.45) is 0 Å². The van der Waals surface area contributed by atoms with Crippen LogP contribution >= 0.6 is 12.2 Å². The lowest BCUT2D eigenvalue weighted by Crippen LogP contribution is -2.54. The maximum Gasteiger partial charge on any atom is 0.335 e. The summed E-state index contributed by atoms with van der Waals surface area (Å²) in [5.41, 5.74) is 2.87. The second-order valence-corrected chi connectivity index (χ2v) is 7.85. The number of carboxylic acids is 1. The summed E-state index contributed by atoms with van der Waals surface area (Å²) in [6.45, 7) is 3.73. The standard InChI is InChI=1S/C25H20N2O5S/c1-3-15-7-9-16(10-8-15)27-23(29)20(22(28)26-25(27)33)13-17-11-12-21(32-17)18-5-4-6-19(14(18)2)24(30)31/h4-13H,3H2,1-2H3,(H,30,31)(H,26,28,33). The molecule has 2 aromatic carbocycles. The summed E-state index contributed by atoms with van der Waals surface area (Å²) in [5, 5.41) is 11.9. The predicted molar refractivity (Wildman–Crippen MR) is 128 cm³/mol. The van der Waals surface area contributed by atoms with E-state index in [-0.39, 0.29) is 22.0 Å². The smallest absolute Gasteiger partial charge is 0.335 e. The number of benzene rings is 2. The highest BCUT2D eigenvalue weighted by Gasteiger charge is 2.34. The molecule has 4 rings (SSSR count). The fourth-order valence-electron chi connectivity index (χ4n) is 3.62. The number of amides is 2. The van der Waals surface area contributed by atoms with Crippen LogP contribution in [0.4, 0.5) is 5.69 Å². The molecule has 166 valence electrons. The van der Waals surface area contributed by atoms with Gasteiger partial charge >= 0.3 is 5.97 Å². The number of thiocarbonyl (C=S) groups is 1. The topological polar surface area (TPSA) is 99.8 Å². The van der Waals surface area contributed by atoms with Gasteiger partial charge in [-0.3, -0.25) is 19.8 Å². The molecule has 7 nitrogen and oxygen atoms in total. The van der Waals surface area contributed by atoms with Gasteiger partial charge in [0.25, 0.3) is 11.8 Å². The van der Waals surface area contributed by atoms with Crippen LogP contribution in [0.1, 0.15) is 34.2 Å². The highest BCUT2D eigenvalue weighted by Crippen LogP contribution is 2.29. The van der Waals surface area contributed by atoms with E-state index in [1.54, 1.807) is 43.3 Å². The van der Waals surface area contributed by atoms with Crippen LogP contribution in [-0.4, -0.2) is 28.0 Å². The van der Waals surface area contributed by atoms with Gasteiger partial charge in [-0.15, -0.1) is 0 Å². The van der Waals surface area contributed by atoms with Crippen molar-refractivity contribution in [3.8, 4) is 11.3 Å². The van der Waals surface area contributed by atoms with Crippen molar-refractivity contribution >= 4 is 46.9 Å². The Kier molecular flexibility index (Phi) is 5.93. The molecule has 0 atom stereocenters. The number of carbonyl (C=O) groups excluding carboxylic acids is 2. The Morgan fingerprint density at radius 3 is 2.52 bits per heavy atom. The lowest BCUT2D eigenvalue weighted by molar-refractivity contribution is -0.122. The minimum Gasteiger partial charge on any atom is -0.478 e. The van der Waals surface area contributed by atoms with Crippen molar-refractivity contribution in [2.45, 2.75) is 20.3 Å². The van der Waals surface area contributed by atoms with Crippen molar-refractivity contribution in [1.29, 1.82) is 0 Å². The fourth-order valence-corrected chi connectivity index (χ4v) is 3.91. The number of hydrogen-bond acceptors (Lipinski definition) is 5. The van der Waals surface area contributed by atoms with E-state index < -0.39 is 17.8 Å². The van der Waals surface area contributed by atoms with E-state index in [1.807, 2.05) is 19.1 Å². The lowest BCUT2D eigenvalue weighted by Gasteiger charge is -2.28. The normalized spacial score (nSPS) is 15.2. The van der Waals surface area contributed by atoms with Gasteiger partial charge in [-0.05, 0) is 73.1 Å². The molecule has 1 aliphatic heterocycles. The van der Waals surface area contributed by atoms with Gasteiger partial charge < -0.3 is 9.52 Å². The van der Waals surface area contributed by atoms with Crippen LogP contribution in [0.15, 0.2) is 64.6 Å². The summed E-state index contributed by atoms with van der Waals surface area (Å²) in [6, 6.07) is 15.5. The number of carbonyl (C=O) groups is 3. The number of aromatic carboxylic acids is 1. The zero-order valence-electron chi connectivity index (χ0n) is 17.9. The van der Waals surface area contributed by atoms with Crippen LogP contribution in [-0.2, 0) is 16.0 Å². The lowest BCUT2D eigenvalue weighted by atomic mass is 10.0. The molecule has 0 radical (unpaired) electrons. The van der Waals surface area contributed by atoms with E-state index in [4.69, 9.17) is 16.6 Å². The first-order chi connectivity index (χ1) is 15.8. The minimum atomic E-state index is -1.03. The maximum absolute atomic E-state index is 13.2. The maximum atomic E-state index is 13.2. The molecule has 2 amide bonds. The third-order valence-electron chi connectivity index (χ3n) is 5.45. The predicted octanol–water partition coefficient (Wildman–Crippen LogP) is 4.35. The largest absolute Gasteiger partial charge is 0.478 e. The number of nitrogens with one attached hydrogen (secondary N) is 1. The van der Waals surface area contributed by atoms with Crippen LogP contribution < -0.4 is 10.2 Å². The van der Waals surface area contributed by atoms with Crippen LogP contribution in [0.5, 0.6) is 0 Å². The number of hydrogen-bond donors (Lipinski definition) is 2. The minimum absolute atomic E-state index is 0.00708. The number of rotatable bonds is 5. The molecule has 8 heteroatoms. The summed E-state index contributed by atoms with van der Waals surface area (Å²) in [6.07, 6.45) is 2.21. The van der Waals surface area contributed by atoms with E-state index in [9.17, 15) is 19.5 Å². The van der Waals surface area contributed by atoms with Crippen LogP contribution in [0.3, 0.4) is 0 Å². The summed E-state index contributed by atoms with van der Waals surface area (Å²) in [4.78, 5) is 38.4. The van der Waals surface area contributed by atoms with E-state index >= 15 is 0 Å². The van der Waals surface area contributed by atoms with Crippen molar-refractivity contribution in [1.82, 2.24) is 5.32 Å². The molecule has 0 bridgehead atoms. The van der Waals surface area contributed by atoms with Gasteiger partial charge in [0.15, 0.2) is 5.11 Å². The molecular formula is C25H20N2O5S. The van der Waals surface area contributed by atoms with E-state index in [0.717, 1.165) is 12.0 Å². The molecule has 1 aromatic heterocycles. The Labute approximate surface area is 195 Å². The highest BCUT2D eigenvalue weighted by atomic mass is 32.1. The second kappa shape index (κ2) is 8.84. The van der Waals surface area contributed by atoms with Crippen molar-refractivity contribution in [2.75, 3.05) is 4.90 Å². The molecule has 3 aromatic rings. The van der Waals surface area contributed by atoms with Crippen molar-refractivity contribution in [3.05, 3.63) is 82.6 Å². The Hall–Kier alpha value is -4.04. The molecule has 1 fully saturated rings. The molecule has 2 N–H and O–H groups in total. The molecule has 33 heavy (non-hydrogen) atoms. The first-order valence-electron chi connectivity index (χ1n) is 10.2. The average molecular weight is 461 g/mol. The van der Waals surface area contributed by atoms with Crippen molar-refractivity contribution in [3.63, 3.8) is 0 Å². The van der Waals surface area contributed by atoms with Gasteiger partial charge in [0.05, 0.1) is 11.3 Å². The number of aryl methyl sites for hydroxylation is 1. The third-order valence-corrected chi connectivity index (χ3v) is 5.73. The Balaban J connectivity index is 1.67. The molecule has 1 aliphatic rings. The van der Waals surface area contributed by atoms with Gasteiger partial charge in [0.2, 0.25) is 0 Å². The Morgan fingerprint density at radius 2 is 1.85 bits per heavy atom. The first-order valence-corrected chi connectivity index (χ1v) is 10.6. The summed E-state index contributed by atoms with van der Waals surface area (Å²) in [5.74, 6) is -1.51. The molecule has 0 spiro atoms. The van der Waals surface area contributed by atoms with Gasteiger partial charge in [0.1, 0.15) is 17.1 Å². The molecule has 1 saturated heterocycles.